The molecule has 0 saturated carbocycles. The fourth-order valence-corrected chi connectivity index (χ4v) is 4.23. The average molecular weight is 486 g/mol. The summed E-state index contributed by atoms with van der Waals surface area (Å²) in [7, 11) is 0. The molecule has 36 heavy (non-hydrogen) atoms. The second-order valence-electron chi connectivity index (χ2n) is 8.84. The van der Waals surface area contributed by atoms with E-state index in [9.17, 15) is 24.6 Å². The summed E-state index contributed by atoms with van der Waals surface area (Å²) in [4.78, 5) is 40.5. The number of aliphatic hydroxyl groups is 1. The highest BCUT2D eigenvalue weighted by atomic mass is 16.5. The van der Waals surface area contributed by atoms with Crippen molar-refractivity contribution >= 4 is 23.3 Å². The van der Waals surface area contributed by atoms with Crippen LogP contribution in [-0.2, 0) is 20.7 Å². The molecule has 1 heterocycles. The predicted molar refractivity (Wildman–Crippen MR) is 135 cm³/mol. The van der Waals surface area contributed by atoms with Crippen LogP contribution in [0, 0.1) is 0 Å². The molecule has 1 unspecified atom stereocenters. The molecule has 7 nitrogen and oxygen atoms in total. The van der Waals surface area contributed by atoms with Gasteiger partial charge in [-0.2, -0.15) is 0 Å². The summed E-state index contributed by atoms with van der Waals surface area (Å²) < 4.78 is 5.28. The lowest BCUT2D eigenvalue weighted by Gasteiger charge is -2.27. The molecule has 3 aromatic carbocycles. The molecular weight excluding hydrogens is 458 g/mol. The molecule has 1 amide bonds. The van der Waals surface area contributed by atoms with Crippen LogP contribution in [0.3, 0.4) is 0 Å². The quantitative estimate of drug-likeness (QED) is 0.432. The average Bonchev–Trinajstić information content (AvgIpc) is 3.13. The Balaban J connectivity index is 1.72. The molecule has 0 radical (unpaired) electrons. The monoisotopic (exact) mass is 485 g/mol. The highest BCUT2D eigenvalue weighted by molar-refractivity contribution is 6.16. The number of Topliss-reactive ketones (excluding diaryl/α,β-unsaturated/α-hetero) is 1. The van der Waals surface area contributed by atoms with E-state index in [1.54, 1.807) is 44.2 Å². The highest BCUT2D eigenvalue weighted by Gasteiger charge is 2.44. The van der Waals surface area contributed by atoms with Crippen molar-refractivity contribution < 1.29 is 29.3 Å². The maximum absolute atomic E-state index is 13.4. The number of aliphatic hydroxyl groups excluding tert-OH is 1. The van der Waals surface area contributed by atoms with E-state index < -0.39 is 23.7 Å². The van der Waals surface area contributed by atoms with Crippen molar-refractivity contribution in [3.05, 3.63) is 107 Å². The molecule has 2 N–H and O–H groups in total. The normalized spacial score (nSPS) is 15.5. The van der Waals surface area contributed by atoms with Gasteiger partial charge >= 0.3 is 5.97 Å². The van der Waals surface area contributed by atoms with Gasteiger partial charge in [0.15, 0.2) is 11.5 Å². The standard InChI is InChI=1S/C29H27NO6/c1-18(2)36-29(35)21-9-6-10-22(17-21)30-26(20-12-14-23(31)15-13-20)25(27(33)28(30)34)24(32)16-11-19-7-4-3-5-8-19/h3-10,12-15,17-18,26,31,33H,11,16H2,1-2H3. The number of aryl methyl sites for hydroxylation is 1. The largest absolute Gasteiger partial charge is 0.508 e. The van der Waals surface area contributed by atoms with Gasteiger partial charge in [0.25, 0.3) is 5.91 Å². The molecule has 1 atom stereocenters. The zero-order valence-corrected chi connectivity index (χ0v) is 20.0. The molecule has 4 rings (SSSR count). The van der Waals surface area contributed by atoms with E-state index in [1.807, 2.05) is 30.3 Å². The number of phenols is 1. The molecule has 1 aliphatic rings. The van der Waals surface area contributed by atoms with Gasteiger partial charge in [-0.05, 0) is 61.7 Å². The Morgan fingerprint density at radius 3 is 2.31 bits per heavy atom. The minimum atomic E-state index is -0.933. The molecule has 0 aromatic heterocycles. The third-order valence-corrected chi connectivity index (χ3v) is 5.90. The third-order valence-electron chi connectivity index (χ3n) is 5.90. The van der Waals surface area contributed by atoms with Crippen molar-refractivity contribution in [1.82, 2.24) is 0 Å². The molecule has 0 bridgehead atoms. The van der Waals surface area contributed by atoms with Crippen LogP contribution in [-0.4, -0.2) is 34.0 Å². The number of esters is 1. The van der Waals surface area contributed by atoms with Crippen molar-refractivity contribution in [2.75, 3.05) is 4.90 Å². The topological polar surface area (TPSA) is 104 Å². The first-order valence-corrected chi connectivity index (χ1v) is 11.7. The van der Waals surface area contributed by atoms with Crippen LogP contribution in [0.25, 0.3) is 0 Å². The number of carbonyl (C=O) groups is 3. The van der Waals surface area contributed by atoms with Crippen LogP contribution < -0.4 is 4.90 Å². The first kappa shape index (κ1) is 24.7. The van der Waals surface area contributed by atoms with E-state index in [0.29, 0.717) is 17.7 Å². The number of amides is 1. The Kier molecular flexibility index (Phi) is 7.20. The van der Waals surface area contributed by atoms with Crippen molar-refractivity contribution in [3.63, 3.8) is 0 Å². The van der Waals surface area contributed by atoms with E-state index in [2.05, 4.69) is 0 Å². The number of aromatic hydroxyl groups is 1. The first-order chi connectivity index (χ1) is 17.3. The molecule has 7 heteroatoms. The fraction of sp³-hybridized carbons (Fsp3) is 0.207. The second-order valence-corrected chi connectivity index (χ2v) is 8.84. The van der Waals surface area contributed by atoms with Gasteiger partial charge in [0.2, 0.25) is 0 Å². The number of nitrogens with zero attached hydrogens (tertiary/aromatic N) is 1. The summed E-state index contributed by atoms with van der Waals surface area (Å²) in [6.45, 7) is 3.48. The Morgan fingerprint density at radius 2 is 1.64 bits per heavy atom. The number of hydrogen-bond acceptors (Lipinski definition) is 6. The maximum atomic E-state index is 13.4. The van der Waals surface area contributed by atoms with Crippen LogP contribution in [0.15, 0.2) is 90.2 Å². The highest BCUT2D eigenvalue weighted by Crippen LogP contribution is 2.42. The summed E-state index contributed by atoms with van der Waals surface area (Å²) >= 11 is 0. The molecule has 0 spiro atoms. The zero-order chi connectivity index (χ0) is 25.8. The number of carbonyl (C=O) groups excluding carboxylic acids is 3. The fourth-order valence-electron chi connectivity index (χ4n) is 4.23. The van der Waals surface area contributed by atoms with Gasteiger partial charge in [-0.1, -0.05) is 48.5 Å². The summed E-state index contributed by atoms with van der Waals surface area (Å²) in [5, 5.41) is 20.6. The van der Waals surface area contributed by atoms with Gasteiger partial charge < -0.3 is 14.9 Å². The van der Waals surface area contributed by atoms with Gasteiger partial charge in [-0.25, -0.2) is 4.79 Å². The number of hydrogen-bond donors (Lipinski definition) is 2. The lowest BCUT2D eigenvalue weighted by molar-refractivity contribution is -0.118. The Hall–Kier alpha value is -4.39. The summed E-state index contributed by atoms with van der Waals surface area (Å²) in [5.41, 5.74) is 2.04. The maximum Gasteiger partial charge on any atom is 0.338 e. The molecule has 3 aromatic rings. The minimum Gasteiger partial charge on any atom is -0.508 e. The lowest BCUT2D eigenvalue weighted by Crippen LogP contribution is -2.31. The number of ketones is 1. The minimum absolute atomic E-state index is 0.0169. The molecular formula is C29H27NO6. The van der Waals surface area contributed by atoms with Crippen molar-refractivity contribution in [1.29, 1.82) is 0 Å². The predicted octanol–water partition coefficient (Wildman–Crippen LogP) is 5.06. The molecule has 0 aliphatic carbocycles. The Bertz CT molecular complexity index is 1310. The SMILES string of the molecule is CC(C)OC(=O)c1cccc(N2C(=O)C(O)=C(C(=O)CCc3ccccc3)C2c2ccc(O)cc2)c1. The van der Waals surface area contributed by atoms with Gasteiger partial charge in [-0.15, -0.1) is 0 Å². The van der Waals surface area contributed by atoms with Crippen LogP contribution >= 0.6 is 0 Å². The van der Waals surface area contributed by atoms with E-state index in [0.717, 1.165) is 5.56 Å². The third kappa shape index (κ3) is 5.15. The second kappa shape index (κ2) is 10.5. The molecule has 184 valence electrons. The Labute approximate surface area is 209 Å². The molecule has 1 aliphatic heterocycles. The van der Waals surface area contributed by atoms with Gasteiger partial charge in [0.05, 0.1) is 23.3 Å². The van der Waals surface area contributed by atoms with Crippen molar-refractivity contribution in [2.24, 2.45) is 0 Å². The van der Waals surface area contributed by atoms with Crippen LogP contribution in [0.2, 0.25) is 0 Å². The first-order valence-electron chi connectivity index (χ1n) is 11.7. The Morgan fingerprint density at radius 1 is 0.944 bits per heavy atom. The van der Waals surface area contributed by atoms with Crippen molar-refractivity contribution in [3.8, 4) is 5.75 Å². The lowest BCUT2D eigenvalue weighted by atomic mass is 9.93. The summed E-state index contributed by atoms with van der Waals surface area (Å²) in [5.74, 6) is -2.25. The number of benzene rings is 3. The number of ether oxygens (including phenoxy) is 1. The van der Waals surface area contributed by atoms with E-state index in [-0.39, 0.29) is 35.2 Å². The van der Waals surface area contributed by atoms with E-state index in [1.165, 1.54) is 23.1 Å². The van der Waals surface area contributed by atoms with E-state index >= 15 is 0 Å². The van der Waals surface area contributed by atoms with Gasteiger partial charge in [0, 0.05) is 12.1 Å². The van der Waals surface area contributed by atoms with E-state index in [4.69, 9.17) is 4.74 Å². The molecule has 0 fully saturated rings. The summed E-state index contributed by atoms with van der Waals surface area (Å²) in [6, 6.07) is 21.0. The van der Waals surface area contributed by atoms with Crippen molar-refractivity contribution in [2.45, 2.75) is 38.8 Å². The van der Waals surface area contributed by atoms with Crippen LogP contribution in [0.5, 0.6) is 5.75 Å². The smallest absolute Gasteiger partial charge is 0.338 e. The number of anilines is 1. The van der Waals surface area contributed by atoms with Gasteiger partial charge in [0.1, 0.15) is 5.75 Å². The van der Waals surface area contributed by atoms with Crippen LogP contribution in [0.4, 0.5) is 5.69 Å². The summed E-state index contributed by atoms with van der Waals surface area (Å²) in [6.07, 6.45) is 0.224. The van der Waals surface area contributed by atoms with Crippen LogP contribution in [0.1, 0.15) is 47.8 Å². The number of phenolic OH excluding ortho intramolecular Hbond substituents is 1. The van der Waals surface area contributed by atoms with Gasteiger partial charge in [-0.3, -0.25) is 14.5 Å². The molecule has 0 saturated heterocycles. The zero-order valence-electron chi connectivity index (χ0n) is 20.0. The number of rotatable bonds is 8.